The van der Waals surface area contributed by atoms with Gasteiger partial charge in [-0.3, -0.25) is 0 Å². The molecule has 8 heteroatoms. The number of nitrogens with zero attached hydrogens (tertiary/aromatic N) is 4. The highest BCUT2D eigenvalue weighted by molar-refractivity contribution is 5.84. The molecule has 0 radical (unpaired) electrons. The van der Waals surface area contributed by atoms with Crippen LogP contribution in [0.1, 0.15) is 53.8 Å². The molecule has 3 heterocycles. The van der Waals surface area contributed by atoms with E-state index in [-0.39, 0.29) is 17.3 Å². The Morgan fingerprint density at radius 2 is 2.00 bits per heavy atom. The number of fused-ring (bicyclic) bond motifs is 2. The first-order valence-corrected chi connectivity index (χ1v) is 9.84. The molecule has 5 rings (SSSR count). The Labute approximate surface area is 171 Å². The molecule has 3 aromatic heterocycles. The van der Waals surface area contributed by atoms with Crippen molar-refractivity contribution in [3.63, 3.8) is 0 Å². The third-order valence-corrected chi connectivity index (χ3v) is 5.91. The molecule has 0 aliphatic heterocycles. The molecule has 6 nitrogen and oxygen atoms in total. The molecule has 1 atom stereocenters. The van der Waals surface area contributed by atoms with Gasteiger partial charge < -0.3 is 9.84 Å². The minimum Gasteiger partial charge on any atom is -0.481 e. The van der Waals surface area contributed by atoms with Crippen molar-refractivity contribution in [2.24, 2.45) is 0 Å². The predicted molar refractivity (Wildman–Crippen MR) is 107 cm³/mol. The number of halogens is 2. The number of pyridine rings is 1. The number of benzene rings is 1. The van der Waals surface area contributed by atoms with Gasteiger partial charge in [-0.05, 0) is 43.5 Å². The third-order valence-electron chi connectivity index (χ3n) is 5.91. The Morgan fingerprint density at radius 3 is 2.70 bits per heavy atom. The molecule has 1 aromatic carbocycles. The molecule has 1 aliphatic carbocycles. The molecule has 1 fully saturated rings. The zero-order valence-electron chi connectivity index (χ0n) is 16.6. The van der Waals surface area contributed by atoms with Crippen molar-refractivity contribution in [1.82, 2.24) is 19.6 Å². The number of imidazole rings is 1. The molecule has 1 saturated carbocycles. The highest BCUT2D eigenvalue weighted by atomic mass is 19.2. The summed E-state index contributed by atoms with van der Waals surface area (Å²) in [7, 11) is 1.39. The Morgan fingerprint density at radius 1 is 1.20 bits per heavy atom. The Kier molecular flexibility index (Phi) is 4.39. The number of hydrogen-bond donors (Lipinski definition) is 1. The number of methoxy groups -OCH3 is 1. The van der Waals surface area contributed by atoms with E-state index in [4.69, 9.17) is 9.72 Å². The molecule has 1 N–H and O–H groups in total. The van der Waals surface area contributed by atoms with Crippen LogP contribution in [0.3, 0.4) is 0 Å². The van der Waals surface area contributed by atoms with Gasteiger partial charge in [0.2, 0.25) is 5.88 Å². The molecular weight excluding hydrogens is 390 g/mol. The van der Waals surface area contributed by atoms with Crippen LogP contribution < -0.4 is 4.74 Å². The van der Waals surface area contributed by atoms with E-state index >= 15 is 0 Å². The summed E-state index contributed by atoms with van der Waals surface area (Å²) in [6.45, 7) is 1.94. The molecule has 1 aliphatic rings. The second kappa shape index (κ2) is 6.98. The van der Waals surface area contributed by atoms with Crippen LogP contribution in [0, 0.1) is 18.6 Å². The van der Waals surface area contributed by atoms with Gasteiger partial charge in [0.1, 0.15) is 11.6 Å². The third kappa shape index (κ3) is 2.74. The average Bonchev–Trinajstić information content (AvgIpc) is 3.08. The van der Waals surface area contributed by atoms with Gasteiger partial charge in [-0.2, -0.15) is 5.10 Å². The zero-order valence-corrected chi connectivity index (χ0v) is 16.6. The molecule has 0 spiro atoms. The van der Waals surface area contributed by atoms with E-state index in [1.807, 2.05) is 13.0 Å². The molecule has 30 heavy (non-hydrogen) atoms. The molecule has 154 valence electrons. The lowest BCUT2D eigenvalue weighted by molar-refractivity contribution is 0.210. The summed E-state index contributed by atoms with van der Waals surface area (Å²) in [5.74, 6) is -1.76. The topological polar surface area (TPSA) is 72.5 Å². The van der Waals surface area contributed by atoms with Crippen molar-refractivity contribution in [2.75, 3.05) is 7.11 Å². The van der Waals surface area contributed by atoms with Crippen LogP contribution in [-0.4, -0.2) is 31.8 Å². The monoisotopic (exact) mass is 410 g/mol. The number of ether oxygens (including phenoxy) is 1. The van der Waals surface area contributed by atoms with E-state index in [0.29, 0.717) is 22.3 Å². The highest BCUT2D eigenvalue weighted by Gasteiger charge is 2.32. The first-order valence-electron chi connectivity index (χ1n) is 9.84. The van der Waals surface area contributed by atoms with Crippen molar-refractivity contribution in [3.8, 4) is 5.88 Å². The van der Waals surface area contributed by atoms with Crippen LogP contribution in [0.5, 0.6) is 5.88 Å². The smallest absolute Gasteiger partial charge is 0.214 e. The lowest BCUT2D eigenvalue weighted by Crippen LogP contribution is -2.15. The quantitative estimate of drug-likeness (QED) is 0.545. The van der Waals surface area contributed by atoms with Crippen molar-refractivity contribution < 1.29 is 18.6 Å². The summed E-state index contributed by atoms with van der Waals surface area (Å²) in [5, 5.41) is 16.2. The van der Waals surface area contributed by atoms with Crippen molar-refractivity contribution in [1.29, 1.82) is 0 Å². The Hall–Kier alpha value is -3.13. The van der Waals surface area contributed by atoms with Crippen LogP contribution in [0.25, 0.3) is 16.6 Å². The fraction of sp³-hybridized carbons (Fsp3) is 0.318. The summed E-state index contributed by atoms with van der Waals surface area (Å²) in [4.78, 5) is 8.85. The first-order chi connectivity index (χ1) is 14.5. The van der Waals surface area contributed by atoms with Gasteiger partial charge in [0.15, 0.2) is 17.3 Å². The molecule has 1 unspecified atom stereocenters. The SMILES string of the molecule is COc1cc(C(O)c2c(C3CCC3)nc3c(C)ccnn23)c2ccc(F)c(F)c2n1. The van der Waals surface area contributed by atoms with Crippen LogP contribution in [0.2, 0.25) is 0 Å². The van der Waals surface area contributed by atoms with Gasteiger partial charge in [0.25, 0.3) is 0 Å². The standard InChI is InChI=1S/C22H20F2N4O2/c1-11-8-9-25-28-20(18(27-22(11)28)12-4-3-5-12)21(29)14-10-16(30-2)26-19-13(14)6-7-15(23)17(19)24/h6-10,12,21,29H,3-5H2,1-2H3. The lowest BCUT2D eigenvalue weighted by atomic mass is 9.81. The van der Waals surface area contributed by atoms with Crippen LogP contribution in [0.15, 0.2) is 30.5 Å². The summed E-state index contributed by atoms with van der Waals surface area (Å²) in [6, 6.07) is 5.87. The largest absolute Gasteiger partial charge is 0.481 e. The van der Waals surface area contributed by atoms with Crippen molar-refractivity contribution in [2.45, 2.75) is 38.2 Å². The minimum absolute atomic E-state index is 0.0872. The maximum atomic E-state index is 14.5. The average molecular weight is 410 g/mol. The molecule has 0 saturated heterocycles. The zero-order chi connectivity index (χ0) is 21.0. The van der Waals surface area contributed by atoms with Gasteiger partial charge in [0.05, 0.1) is 18.5 Å². The van der Waals surface area contributed by atoms with Crippen LogP contribution in [-0.2, 0) is 0 Å². The van der Waals surface area contributed by atoms with E-state index < -0.39 is 17.7 Å². The predicted octanol–water partition coefficient (Wildman–Crippen LogP) is 4.22. The van der Waals surface area contributed by atoms with E-state index in [1.165, 1.54) is 13.2 Å². The fourth-order valence-corrected chi connectivity index (χ4v) is 4.05. The van der Waals surface area contributed by atoms with E-state index in [9.17, 15) is 13.9 Å². The second-order valence-corrected chi connectivity index (χ2v) is 7.67. The first kappa shape index (κ1) is 18.9. The molecule has 0 amide bonds. The van der Waals surface area contributed by atoms with E-state index in [0.717, 1.165) is 36.6 Å². The minimum atomic E-state index is -1.17. The Bertz CT molecular complexity index is 1280. The normalized spacial score (nSPS) is 15.5. The van der Waals surface area contributed by atoms with Crippen molar-refractivity contribution in [3.05, 3.63) is 64.6 Å². The van der Waals surface area contributed by atoms with Gasteiger partial charge in [-0.15, -0.1) is 0 Å². The molecule has 0 bridgehead atoms. The summed E-state index contributed by atoms with van der Waals surface area (Å²) < 4.78 is 35.1. The molecular formula is C22H20F2N4O2. The van der Waals surface area contributed by atoms with E-state index in [1.54, 1.807) is 16.8 Å². The summed E-state index contributed by atoms with van der Waals surface area (Å²) >= 11 is 0. The van der Waals surface area contributed by atoms with Crippen molar-refractivity contribution >= 4 is 16.6 Å². The fourth-order valence-electron chi connectivity index (χ4n) is 4.05. The van der Waals surface area contributed by atoms with E-state index in [2.05, 4.69) is 10.1 Å². The summed E-state index contributed by atoms with van der Waals surface area (Å²) in [5.41, 5.74) is 3.12. The number of aliphatic hydroxyl groups is 1. The van der Waals surface area contributed by atoms with Gasteiger partial charge >= 0.3 is 0 Å². The van der Waals surface area contributed by atoms with Gasteiger partial charge in [-0.25, -0.2) is 23.3 Å². The number of rotatable bonds is 4. The lowest BCUT2D eigenvalue weighted by Gasteiger charge is -2.26. The van der Waals surface area contributed by atoms with Gasteiger partial charge in [-0.1, -0.05) is 6.42 Å². The van der Waals surface area contributed by atoms with Crippen LogP contribution >= 0.6 is 0 Å². The number of aliphatic hydroxyl groups excluding tert-OH is 1. The maximum Gasteiger partial charge on any atom is 0.214 e. The molecule has 4 aromatic rings. The second-order valence-electron chi connectivity index (χ2n) is 7.67. The number of hydrogen-bond acceptors (Lipinski definition) is 5. The summed E-state index contributed by atoms with van der Waals surface area (Å²) in [6.07, 6.45) is 3.57. The highest BCUT2D eigenvalue weighted by Crippen LogP contribution is 2.42. The maximum absolute atomic E-state index is 14.5. The van der Waals surface area contributed by atoms with Crippen LogP contribution in [0.4, 0.5) is 8.78 Å². The number of aromatic nitrogens is 4. The Balaban J connectivity index is 1.79. The van der Waals surface area contributed by atoms with Gasteiger partial charge in [0, 0.05) is 29.1 Å². The number of aryl methyl sites for hydroxylation is 1.